The van der Waals surface area contributed by atoms with E-state index in [4.69, 9.17) is 0 Å². The number of nitrogens with zero attached hydrogens (tertiary/aromatic N) is 9. The van der Waals surface area contributed by atoms with Crippen molar-refractivity contribution in [2.75, 3.05) is 26.2 Å². The molecule has 5 amide bonds. The van der Waals surface area contributed by atoms with Gasteiger partial charge in [0.25, 0.3) is 11.8 Å². The molecule has 11 aromatic carbocycles. The van der Waals surface area contributed by atoms with E-state index in [1.165, 1.54) is 59.5 Å². The Morgan fingerprint density at radius 2 is 0.717 bits per heavy atom. The van der Waals surface area contributed by atoms with Crippen molar-refractivity contribution in [3.05, 3.63) is 344 Å². The van der Waals surface area contributed by atoms with Crippen LogP contribution in [-0.4, -0.2) is 84.6 Å². The van der Waals surface area contributed by atoms with Crippen LogP contribution in [0.3, 0.4) is 0 Å². The standard InChI is InChI=1S/C27H21N3O2.C23H21N3O.C21H19N3O.C18H20N2O2.C18H20N2O/c31-26(13-10-19-14-16-28-17-15-19)29-21-11-12-25-23(18-21)22-8-4-5-9-24(22)30(25)27(32)20-6-2-1-3-7-20;1-3-26-21-7-5-4-6-19(21)20-15-18(8-9-22(20)26)25-23(27)16(2)14-17-10-12-24-13-11-17;1-24-19-5-3-2-4-17(19)18-14-16(7-8-20(18)24)23-21(25)9-6-15-10-12-22-13-11-15;1-4-19-16-8-6-5-7-14(16)15-11-13(9-10-17(15)19)20(12(2)3)18(21)22;1-4-20-16-8-6-5-7-14(16)15-11-13(9-10-17(15)20)19-18(21)12(2)3/h1-9,11-12,14-18H,10,13H2,(H,29,31);4-15H,3H2,1-2H3,(H,25,27);2-5,7-8,10-14H,6,9H2,1H3,(H,23,25);5-12H,4H2,1-3H3,(H,21,22);5-12H,4H2,1-3H3,(H,19,21). The quantitative estimate of drug-likeness (QED) is 0.0480. The van der Waals surface area contributed by atoms with Gasteiger partial charge in [0.15, 0.2) is 0 Å². The molecule has 0 aliphatic heterocycles. The maximum Gasteiger partial charge on any atom is 0.412 e. The van der Waals surface area contributed by atoms with Crippen LogP contribution in [-0.2, 0) is 58.7 Å². The van der Waals surface area contributed by atoms with E-state index >= 15 is 0 Å². The fraction of sp³-hybridized carbons (Fsp3) is 0.168. The molecule has 0 atom stereocenters. The number of hydrogen-bond donors (Lipinski definition) is 5. The zero-order chi connectivity index (χ0) is 88.8. The summed E-state index contributed by atoms with van der Waals surface area (Å²) in [4.78, 5) is 87.4. The lowest BCUT2D eigenvalue weighted by molar-refractivity contribution is -0.119. The summed E-state index contributed by atoms with van der Waals surface area (Å²) in [6.07, 6.45) is 13.5. The first-order chi connectivity index (χ1) is 61.7. The molecule has 0 saturated carbocycles. The monoisotopic (exact) mass is 1680 g/mol. The largest absolute Gasteiger partial charge is 0.465 e. The molecule has 127 heavy (non-hydrogen) atoms. The molecule has 20 nitrogen and oxygen atoms in total. The zero-order valence-electron chi connectivity index (χ0n) is 72.6. The molecule has 0 unspecified atom stereocenters. The van der Waals surface area contributed by atoms with Gasteiger partial charge in [-0.15, -0.1) is 0 Å². The highest BCUT2D eigenvalue weighted by Gasteiger charge is 2.23. The summed E-state index contributed by atoms with van der Waals surface area (Å²) in [5, 5.41) is 32.7. The van der Waals surface area contributed by atoms with Crippen molar-refractivity contribution in [2.24, 2.45) is 13.0 Å². The maximum absolute atomic E-state index is 13.3. The number of carbonyl (C=O) groups excluding carboxylic acids is 5. The van der Waals surface area contributed by atoms with Gasteiger partial charge in [0, 0.05) is 226 Å². The lowest BCUT2D eigenvalue weighted by atomic mass is 10.1. The molecule has 0 saturated heterocycles. The van der Waals surface area contributed by atoms with E-state index < -0.39 is 6.09 Å². The van der Waals surface area contributed by atoms with Gasteiger partial charge >= 0.3 is 6.09 Å². The van der Waals surface area contributed by atoms with E-state index in [0.29, 0.717) is 48.2 Å². The minimum Gasteiger partial charge on any atom is -0.465 e. The second-order valence-corrected chi connectivity index (χ2v) is 31.8. The molecule has 8 heterocycles. The highest BCUT2D eigenvalue weighted by molar-refractivity contribution is 6.18. The summed E-state index contributed by atoms with van der Waals surface area (Å²) in [6, 6.07) is 91.7. The van der Waals surface area contributed by atoms with Gasteiger partial charge in [0.2, 0.25) is 17.7 Å². The van der Waals surface area contributed by atoms with Gasteiger partial charge in [0.05, 0.1) is 11.0 Å². The van der Waals surface area contributed by atoms with Gasteiger partial charge in [-0.1, -0.05) is 123 Å². The second kappa shape index (κ2) is 39.3. The van der Waals surface area contributed by atoms with Gasteiger partial charge < -0.3 is 44.6 Å². The fourth-order valence-electron chi connectivity index (χ4n) is 16.7. The Labute approximate surface area is 736 Å². The van der Waals surface area contributed by atoms with E-state index in [2.05, 4.69) is 192 Å². The molecule has 20 heteroatoms. The van der Waals surface area contributed by atoms with E-state index in [0.717, 1.165) is 108 Å². The molecule has 0 aliphatic rings. The van der Waals surface area contributed by atoms with Crippen molar-refractivity contribution in [3.8, 4) is 0 Å². The SMILES string of the molecule is CCn1c2ccccc2c2cc(N(C(=O)O)C(C)C)ccc21.CCn1c2ccccc2c2cc(NC(=O)C(C)=Cc3ccncc3)ccc21.CCn1c2ccccc2c2cc(NC(=O)C(C)C)ccc21.Cn1c2ccccc2c2cc(NC(=O)CCc3ccncc3)ccc21.O=C(CCc1ccncc1)Nc1ccc2c(c1)c1ccccc1n2C(=O)c1ccccc1. The highest BCUT2D eigenvalue weighted by atomic mass is 16.4. The van der Waals surface area contributed by atoms with Crippen LogP contribution in [0.4, 0.5) is 33.2 Å². The number of fused-ring (bicyclic) bond motifs is 15. The van der Waals surface area contributed by atoms with Crippen LogP contribution in [0.2, 0.25) is 0 Å². The second-order valence-electron chi connectivity index (χ2n) is 31.8. The maximum atomic E-state index is 13.3. The Morgan fingerprint density at radius 1 is 0.378 bits per heavy atom. The summed E-state index contributed by atoms with van der Waals surface area (Å²) >= 11 is 0. The van der Waals surface area contributed by atoms with Crippen LogP contribution in [0.1, 0.15) is 95.3 Å². The minimum atomic E-state index is -0.923. The molecule has 8 aromatic heterocycles. The van der Waals surface area contributed by atoms with Crippen molar-refractivity contribution in [1.82, 2.24) is 37.8 Å². The van der Waals surface area contributed by atoms with Gasteiger partial charge in [-0.25, -0.2) is 4.79 Å². The van der Waals surface area contributed by atoms with E-state index in [1.807, 2.05) is 211 Å². The molecule has 0 aliphatic carbocycles. The molecule has 0 radical (unpaired) electrons. The summed E-state index contributed by atoms with van der Waals surface area (Å²) in [7, 11) is 2.07. The Morgan fingerprint density at radius 3 is 1.17 bits per heavy atom. The Bertz CT molecular complexity index is 7290. The van der Waals surface area contributed by atoms with Gasteiger partial charge in [-0.3, -0.25) is 48.4 Å². The molecule has 0 bridgehead atoms. The predicted molar refractivity (Wildman–Crippen MR) is 519 cm³/mol. The van der Waals surface area contributed by atoms with Crippen molar-refractivity contribution in [3.63, 3.8) is 0 Å². The van der Waals surface area contributed by atoms with Crippen LogP contribution in [0.25, 0.3) is 115 Å². The molecule has 5 N–H and O–H groups in total. The Kier molecular flexibility index (Phi) is 26.7. The lowest BCUT2D eigenvalue weighted by Gasteiger charge is -2.23. The average molecular weight is 1680 g/mol. The topological polar surface area (TPSA) is 237 Å². The third kappa shape index (κ3) is 19.1. The predicted octanol–water partition coefficient (Wildman–Crippen LogP) is 24.1. The molecule has 636 valence electrons. The van der Waals surface area contributed by atoms with Crippen LogP contribution >= 0.6 is 0 Å². The number of nitrogens with one attached hydrogen (secondary N) is 4. The zero-order valence-corrected chi connectivity index (χ0v) is 72.6. The summed E-state index contributed by atoms with van der Waals surface area (Å²) in [6.45, 7) is 18.5. The minimum absolute atomic E-state index is 0.0160. The number of amides is 5. The van der Waals surface area contributed by atoms with Crippen molar-refractivity contribution in [2.45, 2.75) is 107 Å². The normalized spacial score (nSPS) is 11.3. The number of para-hydroxylation sites is 5. The first kappa shape index (κ1) is 86.4. The fourth-order valence-corrected chi connectivity index (χ4v) is 16.7. The highest BCUT2D eigenvalue weighted by Crippen LogP contribution is 2.38. The molecular formula is C107H101N13O7. The number of carboxylic acid groups (broad SMARTS) is 1. The smallest absolute Gasteiger partial charge is 0.412 e. The molecule has 0 fully saturated rings. The van der Waals surface area contributed by atoms with Crippen molar-refractivity contribution >= 4 is 179 Å². The van der Waals surface area contributed by atoms with Gasteiger partial charge in [-0.05, 0) is 247 Å². The summed E-state index contributed by atoms with van der Waals surface area (Å²) in [5.41, 5.74) is 19.5. The van der Waals surface area contributed by atoms with Gasteiger partial charge in [0.1, 0.15) is 0 Å². The average Bonchev–Trinajstić information content (AvgIpc) is 1.65. The van der Waals surface area contributed by atoms with Crippen molar-refractivity contribution < 1.29 is 33.9 Å². The number of anilines is 5. The van der Waals surface area contributed by atoms with Gasteiger partial charge in [-0.2, -0.15) is 0 Å². The number of benzene rings is 11. The molecular weight excluding hydrogens is 1580 g/mol. The van der Waals surface area contributed by atoms with Crippen LogP contribution in [0.5, 0.6) is 0 Å². The molecule has 0 spiro atoms. The lowest BCUT2D eigenvalue weighted by Crippen LogP contribution is -2.35. The van der Waals surface area contributed by atoms with E-state index in [9.17, 15) is 33.9 Å². The number of rotatable bonds is 19. The first-order valence-corrected chi connectivity index (χ1v) is 43.0. The number of pyridine rings is 3. The van der Waals surface area contributed by atoms with E-state index in [1.54, 1.807) is 41.7 Å². The molecule has 19 rings (SSSR count). The number of hydrogen-bond acceptors (Lipinski definition) is 9. The van der Waals surface area contributed by atoms with E-state index in [-0.39, 0.29) is 41.5 Å². The summed E-state index contributed by atoms with van der Waals surface area (Å²) in [5.74, 6) is -0.177. The first-order valence-electron chi connectivity index (χ1n) is 43.0. The number of aromatic nitrogens is 8. The van der Waals surface area contributed by atoms with Crippen LogP contribution in [0.15, 0.2) is 322 Å². The third-order valence-corrected chi connectivity index (χ3v) is 22.9. The van der Waals surface area contributed by atoms with Crippen LogP contribution in [0, 0.1) is 5.92 Å². The van der Waals surface area contributed by atoms with Crippen LogP contribution < -0.4 is 26.2 Å². The number of carbonyl (C=O) groups is 6. The number of aryl methyl sites for hydroxylation is 6. The third-order valence-electron chi connectivity index (χ3n) is 22.9. The van der Waals surface area contributed by atoms with Crippen molar-refractivity contribution in [1.29, 1.82) is 0 Å². The Hall–Kier alpha value is -15.6. The Balaban J connectivity index is 0.000000123. The summed E-state index contributed by atoms with van der Waals surface area (Å²) < 4.78 is 10.8. The molecule has 19 aromatic rings.